The fraction of sp³-hybridized carbons (Fsp3) is 0.525. The van der Waals surface area contributed by atoms with Crippen LogP contribution in [0.3, 0.4) is 0 Å². The minimum absolute atomic E-state index is 0. The summed E-state index contributed by atoms with van der Waals surface area (Å²) in [6, 6.07) is 9.05. The first kappa shape index (κ1) is 50.8. The summed E-state index contributed by atoms with van der Waals surface area (Å²) >= 11 is 1.49. The van der Waals surface area contributed by atoms with Gasteiger partial charge in [-0.3, -0.25) is 24.4 Å². The Kier molecular flexibility index (Phi) is 18.5. The van der Waals surface area contributed by atoms with Gasteiger partial charge in [0.15, 0.2) is 0 Å². The zero-order valence-electron chi connectivity index (χ0n) is 33.7. The molecule has 4 aromatic rings. The molecule has 17 heteroatoms. The van der Waals surface area contributed by atoms with Crippen LogP contribution in [0.4, 0.5) is 0 Å². The molecule has 0 unspecified atom stereocenters. The van der Waals surface area contributed by atoms with Gasteiger partial charge in [-0.15, -0.1) is 11.3 Å². The quantitative estimate of drug-likeness (QED) is 0.206. The Bertz CT molecular complexity index is 2020. The molecule has 316 valence electrons. The molecule has 5 heterocycles. The van der Waals surface area contributed by atoms with E-state index >= 15 is 0 Å². The maximum atomic E-state index is 14.1. The van der Waals surface area contributed by atoms with Crippen LogP contribution >= 0.6 is 78.8 Å². The van der Waals surface area contributed by atoms with Crippen molar-refractivity contribution in [3.8, 4) is 22.5 Å². The smallest absolute Gasteiger partial charge is 0.324 e. The van der Waals surface area contributed by atoms with Crippen molar-refractivity contribution >= 4 is 108 Å². The third-order valence-corrected chi connectivity index (χ3v) is 12.2. The van der Waals surface area contributed by atoms with Gasteiger partial charge in [0.05, 0.1) is 34.8 Å². The van der Waals surface area contributed by atoms with E-state index in [2.05, 4.69) is 74.2 Å². The normalized spacial score (nSPS) is 23.1. The lowest BCUT2D eigenvalue weighted by molar-refractivity contribution is -0.155. The fourth-order valence-electron chi connectivity index (χ4n) is 7.97. The zero-order chi connectivity index (χ0) is 36.9. The van der Waals surface area contributed by atoms with Crippen LogP contribution in [0.25, 0.3) is 33.4 Å². The molecule has 3 aromatic heterocycles. The third-order valence-electron chi connectivity index (χ3n) is 11.3. The number of nitrogens with zero attached hydrogens (tertiary/aromatic N) is 4. The Hall–Kier alpha value is -2.38. The second-order valence-electron chi connectivity index (χ2n) is 15.5. The number of benzene rings is 1. The number of fused-ring (bicyclic) bond motifs is 6. The highest BCUT2D eigenvalue weighted by Gasteiger charge is 2.49. The number of pyridine rings is 1. The number of methoxy groups -OCH3 is 1. The molecule has 2 N–H and O–H groups in total. The Morgan fingerprint density at radius 1 is 1.12 bits per heavy atom. The second kappa shape index (κ2) is 20.7. The van der Waals surface area contributed by atoms with Crippen molar-refractivity contribution in [2.75, 3.05) is 20.3 Å². The first-order valence-electron chi connectivity index (χ1n) is 18.5. The van der Waals surface area contributed by atoms with E-state index in [9.17, 15) is 14.4 Å². The number of hydrogen-bond donors (Lipinski definition) is 2. The van der Waals surface area contributed by atoms with Gasteiger partial charge in [0.25, 0.3) is 5.91 Å². The molecule has 0 radical (unpaired) electrons. The summed E-state index contributed by atoms with van der Waals surface area (Å²) in [5.41, 5.74) is 9.69. The van der Waals surface area contributed by atoms with E-state index in [1.165, 1.54) is 16.3 Å². The maximum absolute atomic E-state index is 14.1. The van der Waals surface area contributed by atoms with E-state index in [1.807, 2.05) is 18.4 Å². The molecule has 0 spiro atoms. The molecule has 2 aliphatic heterocycles. The van der Waals surface area contributed by atoms with Crippen LogP contribution in [-0.4, -0.2) is 69.7 Å². The zero-order valence-corrected chi connectivity index (χ0v) is 39.5. The Balaban J connectivity index is 0.00000224. The largest absolute Gasteiger partial charge is 0.464 e. The summed E-state index contributed by atoms with van der Waals surface area (Å²) < 4.78 is 14.2. The molecule has 7 rings (SSSR count). The van der Waals surface area contributed by atoms with Crippen LogP contribution in [0.2, 0.25) is 0 Å². The molecule has 6 bridgehead atoms. The standard InChI is InChI=1S/C40H50N6O5S.5H2S/c1-8-45-32-14-13-25-17-27(32)28(36(45)26-11-9-15-41-35(26)24(4)50-7)19-40(5,6)21-51-39(49)29-12-10-16-46(44-29)38(48)30(18-33-42-31(25)20-52-33)43-37(47)34-22(2)23(34)3;;;;;/h9,11,13-15,17,20,22-24,29-30,34,44H,8,10,12,16,18-19,21H2,1-7H3,(H,43,47);5*1H2/t22-,23-,24-,29-,30-;;;;;/m0...../s1. The maximum Gasteiger partial charge on any atom is 0.324 e. The lowest BCUT2D eigenvalue weighted by atomic mass is 9.84. The van der Waals surface area contributed by atoms with E-state index in [0.717, 1.165) is 56.2 Å². The number of carbonyl (C=O) groups is 3. The monoisotopic (exact) mass is 896 g/mol. The van der Waals surface area contributed by atoms with E-state index < -0.39 is 17.5 Å². The predicted molar refractivity (Wildman–Crippen MR) is 253 cm³/mol. The van der Waals surface area contributed by atoms with Gasteiger partial charge in [0.2, 0.25) is 5.91 Å². The molecule has 1 aromatic carbocycles. The number of aryl methyl sites for hydroxylation is 1. The van der Waals surface area contributed by atoms with Crippen molar-refractivity contribution in [1.82, 2.24) is 30.3 Å². The molecular formula is C40H60N6O5S6. The summed E-state index contributed by atoms with van der Waals surface area (Å²) in [6.45, 7) is 13.9. The van der Waals surface area contributed by atoms with Crippen LogP contribution in [0, 0.1) is 23.2 Å². The van der Waals surface area contributed by atoms with Gasteiger partial charge in [-0.05, 0) is 74.8 Å². The molecular weight excluding hydrogens is 837 g/mol. The molecule has 2 fully saturated rings. The molecule has 2 amide bonds. The van der Waals surface area contributed by atoms with Gasteiger partial charge in [-0.2, -0.15) is 67.5 Å². The number of carbonyl (C=O) groups excluding carboxylic acids is 3. The Morgan fingerprint density at radius 3 is 2.51 bits per heavy atom. The number of ether oxygens (including phenoxy) is 2. The van der Waals surface area contributed by atoms with Crippen molar-refractivity contribution in [2.24, 2.45) is 23.2 Å². The molecule has 11 nitrogen and oxygen atoms in total. The van der Waals surface area contributed by atoms with Crippen LogP contribution in [0.1, 0.15) is 76.8 Å². The van der Waals surface area contributed by atoms with E-state index in [1.54, 1.807) is 13.3 Å². The van der Waals surface area contributed by atoms with Gasteiger partial charge in [-0.1, -0.05) is 33.8 Å². The first-order chi connectivity index (χ1) is 24.9. The summed E-state index contributed by atoms with van der Waals surface area (Å²) in [6.07, 6.45) is 3.64. The topological polar surface area (TPSA) is 128 Å². The lowest BCUT2D eigenvalue weighted by Gasteiger charge is -2.35. The predicted octanol–water partition coefficient (Wildman–Crippen LogP) is 6.67. The van der Waals surface area contributed by atoms with Crippen LogP contribution in [0.15, 0.2) is 41.9 Å². The summed E-state index contributed by atoms with van der Waals surface area (Å²) in [5, 5.41) is 8.44. The van der Waals surface area contributed by atoms with Crippen molar-refractivity contribution in [2.45, 2.75) is 92.0 Å². The number of thiazole rings is 1. The van der Waals surface area contributed by atoms with Crippen LogP contribution < -0.4 is 10.7 Å². The van der Waals surface area contributed by atoms with Crippen molar-refractivity contribution < 1.29 is 23.9 Å². The molecule has 1 aliphatic carbocycles. The number of nitrogens with one attached hydrogen (secondary N) is 2. The third kappa shape index (κ3) is 10.3. The molecule has 1 saturated heterocycles. The average molecular weight is 897 g/mol. The summed E-state index contributed by atoms with van der Waals surface area (Å²) in [5.74, 6) is -0.351. The number of amides is 2. The first-order valence-corrected chi connectivity index (χ1v) is 19.4. The number of aromatic nitrogens is 3. The molecule has 5 atom stereocenters. The summed E-state index contributed by atoms with van der Waals surface area (Å²) in [4.78, 5) is 50.9. The number of esters is 1. The minimum atomic E-state index is -0.829. The Morgan fingerprint density at radius 2 is 1.84 bits per heavy atom. The highest BCUT2D eigenvalue weighted by molar-refractivity contribution is 7.60. The van der Waals surface area contributed by atoms with Crippen LogP contribution in [0.5, 0.6) is 0 Å². The second-order valence-corrected chi connectivity index (χ2v) is 16.5. The van der Waals surface area contributed by atoms with Gasteiger partial charge in [-0.25, -0.2) is 10.4 Å². The van der Waals surface area contributed by atoms with Gasteiger partial charge in [0.1, 0.15) is 12.1 Å². The highest BCUT2D eigenvalue weighted by atomic mass is 32.1. The average Bonchev–Trinajstić information content (AvgIpc) is 3.43. The SMILES string of the molecule is CCn1c(-c2cccnc2[C@H](C)OC)c2c3cc(ccc31)-c1csc(n1)C[C@H](NC(=O)C1[C@@H](C)[C@@H]1C)C(=O)N1CCC[C@H](N1)C(=O)OCC(C)(C)C2.S.S.S.S.S. The van der Waals surface area contributed by atoms with Crippen LogP contribution in [-0.2, 0) is 43.2 Å². The van der Waals surface area contributed by atoms with Gasteiger partial charge in [0, 0.05) is 71.6 Å². The molecule has 57 heavy (non-hydrogen) atoms. The number of hydrogen-bond acceptors (Lipinski definition) is 9. The lowest BCUT2D eigenvalue weighted by Crippen LogP contribution is -2.60. The molecule has 1 saturated carbocycles. The van der Waals surface area contributed by atoms with Crippen molar-refractivity contribution in [3.63, 3.8) is 0 Å². The van der Waals surface area contributed by atoms with Gasteiger partial charge >= 0.3 is 5.97 Å². The Labute approximate surface area is 375 Å². The summed E-state index contributed by atoms with van der Waals surface area (Å²) in [7, 11) is 1.70. The minimum Gasteiger partial charge on any atom is -0.464 e. The molecule has 3 aliphatic rings. The fourth-order valence-corrected chi connectivity index (χ4v) is 8.82. The van der Waals surface area contributed by atoms with E-state index in [4.69, 9.17) is 19.4 Å². The van der Waals surface area contributed by atoms with Crippen molar-refractivity contribution in [3.05, 3.63) is 58.2 Å². The van der Waals surface area contributed by atoms with E-state index in [-0.39, 0.29) is 122 Å². The van der Waals surface area contributed by atoms with E-state index in [0.29, 0.717) is 25.8 Å². The number of hydrazine groups is 1. The number of rotatable bonds is 6. The van der Waals surface area contributed by atoms with Crippen molar-refractivity contribution in [1.29, 1.82) is 0 Å². The highest BCUT2D eigenvalue weighted by Crippen LogP contribution is 2.46. The van der Waals surface area contributed by atoms with Gasteiger partial charge < -0.3 is 19.4 Å². The number of cyclic esters (lactones) is 1.